The van der Waals surface area contributed by atoms with Gasteiger partial charge in [-0.2, -0.15) is 0 Å². The first-order valence-corrected chi connectivity index (χ1v) is 4.27. The van der Waals surface area contributed by atoms with Crippen LogP contribution in [0.1, 0.15) is 17.5 Å². The zero-order chi connectivity index (χ0) is 9.84. The van der Waals surface area contributed by atoms with Crippen LogP contribution in [0, 0.1) is 0 Å². The van der Waals surface area contributed by atoms with Crippen LogP contribution in [-0.2, 0) is 0 Å². The van der Waals surface area contributed by atoms with Gasteiger partial charge in [-0.15, -0.1) is 0 Å². The fraction of sp³-hybridized carbons (Fsp3) is 0.375. The fourth-order valence-corrected chi connectivity index (χ4v) is 0.936. The van der Waals surface area contributed by atoms with E-state index in [1.54, 1.807) is 0 Å². The lowest BCUT2D eigenvalue weighted by atomic mass is 10.3. The Bertz CT molecular complexity index is 298. The molecule has 3 N–H and O–H groups in total. The normalized spacial score (nSPS) is 12.5. The number of hydrogen-bond donors (Lipinski definition) is 2. The Morgan fingerprint density at radius 2 is 2.46 bits per heavy atom. The van der Waals surface area contributed by atoms with Gasteiger partial charge < -0.3 is 15.5 Å². The van der Waals surface area contributed by atoms with Crippen molar-refractivity contribution in [2.24, 2.45) is 5.73 Å². The predicted octanol–water partition coefficient (Wildman–Crippen LogP) is 1.01. The summed E-state index contributed by atoms with van der Waals surface area (Å²) in [5.74, 6) is -0.102. The number of halogens is 1. The molecule has 4 nitrogen and oxygen atoms in total. The van der Waals surface area contributed by atoms with Crippen molar-refractivity contribution in [3.63, 3.8) is 0 Å². The molecule has 0 aliphatic carbocycles. The molecule has 1 aromatic rings. The average molecular weight is 203 g/mol. The van der Waals surface area contributed by atoms with E-state index < -0.39 is 0 Å². The van der Waals surface area contributed by atoms with Crippen LogP contribution in [0.2, 0.25) is 5.22 Å². The smallest absolute Gasteiger partial charge is 0.287 e. The van der Waals surface area contributed by atoms with Crippen LogP contribution in [0.3, 0.4) is 0 Å². The number of carbonyl (C=O) groups is 1. The van der Waals surface area contributed by atoms with Crippen molar-refractivity contribution in [3.05, 3.63) is 23.1 Å². The van der Waals surface area contributed by atoms with Crippen molar-refractivity contribution in [2.45, 2.75) is 13.0 Å². The standard InChI is InChI=1S/C8H11ClN2O2/c1-5(4-10)11-8(12)6-2-3-7(9)13-6/h2-3,5H,4,10H2,1H3,(H,11,12)/t5-/m0/s1. The summed E-state index contributed by atoms with van der Waals surface area (Å²) >= 11 is 5.50. The first-order valence-electron chi connectivity index (χ1n) is 3.89. The summed E-state index contributed by atoms with van der Waals surface area (Å²) in [5, 5.41) is 2.84. The number of hydrogen-bond acceptors (Lipinski definition) is 3. The van der Waals surface area contributed by atoms with E-state index in [2.05, 4.69) is 5.32 Å². The second-order valence-corrected chi connectivity index (χ2v) is 3.09. The molecule has 1 aromatic heterocycles. The summed E-state index contributed by atoms with van der Waals surface area (Å²) < 4.78 is 4.90. The quantitative estimate of drug-likeness (QED) is 0.769. The summed E-state index contributed by atoms with van der Waals surface area (Å²) in [4.78, 5) is 11.3. The van der Waals surface area contributed by atoms with Gasteiger partial charge in [0.1, 0.15) is 0 Å². The molecule has 0 spiro atoms. The van der Waals surface area contributed by atoms with Crippen LogP contribution in [-0.4, -0.2) is 18.5 Å². The average Bonchev–Trinajstić information content (AvgIpc) is 2.51. The Morgan fingerprint density at radius 1 is 1.77 bits per heavy atom. The number of amides is 1. The van der Waals surface area contributed by atoms with E-state index in [0.717, 1.165) is 0 Å². The molecule has 1 amide bonds. The minimum Gasteiger partial charge on any atom is -0.440 e. The van der Waals surface area contributed by atoms with Crippen molar-refractivity contribution in [2.75, 3.05) is 6.54 Å². The van der Waals surface area contributed by atoms with Crippen molar-refractivity contribution in [1.29, 1.82) is 0 Å². The van der Waals surface area contributed by atoms with Crippen LogP contribution < -0.4 is 11.1 Å². The monoisotopic (exact) mass is 202 g/mol. The first kappa shape index (κ1) is 10.1. The van der Waals surface area contributed by atoms with E-state index in [1.807, 2.05) is 6.92 Å². The van der Waals surface area contributed by atoms with Gasteiger partial charge in [0.25, 0.3) is 5.91 Å². The van der Waals surface area contributed by atoms with Crippen molar-refractivity contribution >= 4 is 17.5 Å². The summed E-state index contributed by atoms with van der Waals surface area (Å²) in [6.07, 6.45) is 0. The molecule has 0 aromatic carbocycles. The van der Waals surface area contributed by atoms with E-state index in [1.165, 1.54) is 12.1 Å². The van der Waals surface area contributed by atoms with Gasteiger partial charge in [0.15, 0.2) is 11.0 Å². The minimum absolute atomic E-state index is 0.0728. The third-order valence-electron chi connectivity index (χ3n) is 1.53. The topological polar surface area (TPSA) is 68.3 Å². The lowest BCUT2D eigenvalue weighted by molar-refractivity contribution is 0.0913. The van der Waals surface area contributed by atoms with Gasteiger partial charge >= 0.3 is 0 Å². The molecule has 72 valence electrons. The molecular weight excluding hydrogens is 192 g/mol. The molecule has 0 saturated heterocycles. The van der Waals surface area contributed by atoms with E-state index >= 15 is 0 Å². The molecule has 5 heteroatoms. The van der Waals surface area contributed by atoms with Gasteiger partial charge in [-0.3, -0.25) is 4.79 Å². The molecule has 0 aliphatic rings. The van der Waals surface area contributed by atoms with E-state index in [9.17, 15) is 4.79 Å². The van der Waals surface area contributed by atoms with Crippen LogP contribution >= 0.6 is 11.6 Å². The molecule has 0 aliphatic heterocycles. The Hall–Kier alpha value is -1.00. The lowest BCUT2D eigenvalue weighted by Crippen LogP contribution is -2.37. The summed E-state index contributed by atoms with van der Waals surface area (Å²) in [7, 11) is 0. The Labute approximate surface area is 81.0 Å². The van der Waals surface area contributed by atoms with E-state index in [-0.39, 0.29) is 22.9 Å². The maximum absolute atomic E-state index is 11.3. The summed E-state index contributed by atoms with van der Waals surface area (Å²) in [5.41, 5.74) is 5.33. The van der Waals surface area contributed by atoms with E-state index in [4.69, 9.17) is 21.8 Å². The molecule has 1 atom stereocenters. The third kappa shape index (κ3) is 2.75. The van der Waals surface area contributed by atoms with Crippen LogP contribution in [0.5, 0.6) is 0 Å². The summed E-state index contributed by atoms with van der Waals surface area (Å²) in [6, 6.07) is 2.96. The molecule has 0 radical (unpaired) electrons. The lowest BCUT2D eigenvalue weighted by Gasteiger charge is -2.08. The van der Waals surface area contributed by atoms with Gasteiger partial charge in [0, 0.05) is 12.6 Å². The van der Waals surface area contributed by atoms with Gasteiger partial charge in [-0.05, 0) is 30.7 Å². The third-order valence-corrected chi connectivity index (χ3v) is 1.73. The minimum atomic E-state index is -0.301. The Morgan fingerprint density at radius 3 is 2.92 bits per heavy atom. The molecular formula is C8H11ClN2O2. The molecule has 0 saturated carbocycles. The zero-order valence-corrected chi connectivity index (χ0v) is 7.97. The highest BCUT2D eigenvalue weighted by Gasteiger charge is 2.11. The largest absolute Gasteiger partial charge is 0.440 e. The van der Waals surface area contributed by atoms with Crippen LogP contribution in [0.15, 0.2) is 16.5 Å². The molecule has 0 unspecified atom stereocenters. The van der Waals surface area contributed by atoms with Gasteiger partial charge in [0.2, 0.25) is 0 Å². The zero-order valence-electron chi connectivity index (χ0n) is 7.21. The molecule has 0 fully saturated rings. The highest BCUT2D eigenvalue weighted by atomic mass is 35.5. The fourth-order valence-electron chi connectivity index (χ4n) is 0.790. The number of furan rings is 1. The first-order chi connectivity index (χ1) is 6.13. The SMILES string of the molecule is C[C@@H](CN)NC(=O)c1ccc(Cl)o1. The Kier molecular flexibility index (Phi) is 3.33. The van der Waals surface area contributed by atoms with Gasteiger partial charge in [0.05, 0.1) is 0 Å². The van der Waals surface area contributed by atoms with Crippen molar-refractivity contribution < 1.29 is 9.21 Å². The molecule has 1 rings (SSSR count). The predicted molar refractivity (Wildman–Crippen MR) is 49.7 cm³/mol. The van der Waals surface area contributed by atoms with Gasteiger partial charge in [-0.25, -0.2) is 0 Å². The maximum Gasteiger partial charge on any atom is 0.287 e. The highest BCUT2D eigenvalue weighted by molar-refractivity contribution is 6.29. The molecule has 1 heterocycles. The highest BCUT2D eigenvalue weighted by Crippen LogP contribution is 2.12. The van der Waals surface area contributed by atoms with Gasteiger partial charge in [-0.1, -0.05) is 0 Å². The number of nitrogens with one attached hydrogen (secondary N) is 1. The number of rotatable bonds is 3. The van der Waals surface area contributed by atoms with E-state index in [0.29, 0.717) is 6.54 Å². The Balaban J connectivity index is 2.58. The molecule has 0 bridgehead atoms. The molecule has 13 heavy (non-hydrogen) atoms. The number of nitrogens with two attached hydrogens (primary N) is 1. The van der Waals surface area contributed by atoms with Crippen LogP contribution in [0.4, 0.5) is 0 Å². The maximum atomic E-state index is 11.3. The van der Waals surface area contributed by atoms with Crippen molar-refractivity contribution in [1.82, 2.24) is 5.32 Å². The summed E-state index contributed by atoms with van der Waals surface area (Å²) in [6.45, 7) is 2.20. The number of carbonyl (C=O) groups excluding carboxylic acids is 1. The second kappa shape index (κ2) is 4.30. The second-order valence-electron chi connectivity index (χ2n) is 2.71. The van der Waals surface area contributed by atoms with Crippen LogP contribution in [0.25, 0.3) is 0 Å². The van der Waals surface area contributed by atoms with Crippen molar-refractivity contribution in [3.8, 4) is 0 Å².